The Kier molecular flexibility index (Phi) is 9.54. The molecule has 0 radical (unpaired) electrons. The van der Waals surface area contributed by atoms with Gasteiger partial charge in [0, 0.05) is 32.7 Å². The number of guanidine groups is 1. The van der Waals surface area contributed by atoms with Gasteiger partial charge < -0.3 is 20.8 Å². The van der Waals surface area contributed by atoms with E-state index in [-0.39, 0.29) is 5.76 Å². The van der Waals surface area contributed by atoms with Crippen LogP contribution in [0.1, 0.15) is 40.8 Å². The zero-order valence-corrected chi connectivity index (χ0v) is 19.2. The first-order chi connectivity index (χ1) is 16.1. The normalized spacial score (nSPS) is 11.5. The van der Waals surface area contributed by atoms with Crippen molar-refractivity contribution in [1.82, 2.24) is 15.5 Å². The van der Waals surface area contributed by atoms with Crippen molar-refractivity contribution in [2.75, 3.05) is 19.6 Å². The van der Waals surface area contributed by atoms with Gasteiger partial charge in [-0.05, 0) is 36.6 Å². The highest BCUT2D eigenvalue weighted by Crippen LogP contribution is 2.11. The summed E-state index contributed by atoms with van der Waals surface area (Å²) in [5.74, 6) is 0.881. The molecule has 33 heavy (non-hydrogen) atoms. The topological polar surface area (TPSA) is 95.9 Å². The predicted molar refractivity (Wildman–Crippen MR) is 132 cm³/mol. The molecule has 0 spiro atoms. The minimum atomic E-state index is -0.578. The third kappa shape index (κ3) is 8.46. The summed E-state index contributed by atoms with van der Waals surface area (Å²) in [6, 6.07) is 24.4. The van der Waals surface area contributed by atoms with Crippen molar-refractivity contribution < 1.29 is 9.21 Å². The predicted octanol–water partition coefficient (Wildman–Crippen LogP) is 3.53. The summed E-state index contributed by atoms with van der Waals surface area (Å²) in [5.41, 5.74) is 7.86. The molecule has 2 aromatic carbocycles. The van der Waals surface area contributed by atoms with Crippen molar-refractivity contribution in [1.29, 1.82) is 0 Å². The van der Waals surface area contributed by atoms with Gasteiger partial charge in [0.15, 0.2) is 11.7 Å². The average Bonchev–Trinajstić information content (AvgIpc) is 3.31. The van der Waals surface area contributed by atoms with Gasteiger partial charge in [-0.25, -0.2) is 4.99 Å². The number of rotatable bonds is 12. The van der Waals surface area contributed by atoms with Crippen LogP contribution in [0.5, 0.6) is 0 Å². The fourth-order valence-corrected chi connectivity index (χ4v) is 3.50. The molecular formula is C26H33N5O2. The second-order valence-corrected chi connectivity index (χ2v) is 7.79. The zero-order chi connectivity index (χ0) is 23.3. The van der Waals surface area contributed by atoms with E-state index < -0.39 is 5.91 Å². The summed E-state index contributed by atoms with van der Waals surface area (Å²) in [5, 5.41) is 6.62. The van der Waals surface area contributed by atoms with Crippen LogP contribution >= 0.6 is 0 Å². The van der Waals surface area contributed by atoms with Gasteiger partial charge in [0.2, 0.25) is 0 Å². The number of carbonyl (C=O) groups excluding carboxylic acids is 1. The number of amides is 1. The molecule has 0 aliphatic rings. The number of aliphatic imine (C=N–C) groups is 1. The number of furan rings is 1. The summed E-state index contributed by atoms with van der Waals surface area (Å²) in [7, 11) is 0. The van der Waals surface area contributed by atoms with Gasteiger partial charge in [-0.1, -0.05) is 60.7 Å². The Morgan fingerprint density at radius 2 is 1.58 bits per heavy atom. The van der Waals surface area contributed by atoms with Gasteiger partial charge in [-0.15, -0.1) is 0 Å². The van der Waals surface area contributed by atoms with Gasteiger partial charge in [0.05, 0.1) is 0 Å². The van der Waals surface area contributed by atoms with Gasteiger partial charge >= 0.3 is 0 Å². The fourth-order valence-electron chi connectivity index (χ4n) is 3.50. The summed E-state index contributed by atoms with van der Waals surface area (Å²) in [6.45, 7) is 6.67. The Labute approximate surface area is 195 Å². The molecule has 0 saturated carbocycles. The Morgan fingerprint density at radius 3 is 2.12 bits per heavy atom. The molecule has 0 aliphatic heterocycles. The third-order valence-corrected chi connectivity index (χ3v) is 5.08. The highest BCUT2D eigenvalue weighted by atomic mass is 16.3. The number of primary amides is 1. The van der Waals surface area contributed by atoms with Crippen molar-refractivity contribution in [3.05, 3.63) is 95.4 Å². The number of nitrogens with zero attached hydrogens (tertiary/aromatic N) is 2. The second-order valence-electron chi connectivity index (χ2n) is 7.79. The molecular weight excluding hydrogens is 414 g/mol. The maximum absolute atomic E-state index is 11.2. The molecule has 3 aromatic rings. The lowest BCUT2D eigenvalue weighted by Crippen LogP contribution is -2.38. The summed E-state index contributed by atoms with van der Waals surface area (Å²) < 4.78 is 5.40. The highest BCUT2D eigenvalue weighted by molar-refractivity contribution is 5.89. The van der Waals surface area contributed by atoms with Crippen molar-refractivity contribution in [2.24, 2.45) is 10.7 Å². The minimum Gasteiger partial charge on any atom is -0.454 e. The molecule has 3 rings (SSSR count). The third-order valence-electron chi connectivity index (χ3n) is 5.08. The number of hydrogen-bond acceptors (Lipinski definition) is 4. The molecule has 0 atom stereocenters. The van der Waals surface area contributed by atoms with Crippen LogP contribution in [0.4, 0.5) is 0 Å². The van der Waals surface area contributed by atoms with E-state index in [0.717, 1.165) is 39.1 Å². The smallest absolute Gasteiger partial charge is 0.284 e. The van der Waals surface area contributed by atoms with Crippen molar-refractivity contribution in [3.8, 4) is 0 Å². The first-order valence-electron chi connectivity index (χ1n) is 11.3. The Balaban J connectivity index is 1.52. The van der Waals surface area contributed by atoms with Crippen LogP contribution < -0.4 is 16.4 Å². The zero-order valence-electron chi connectivity index (χ0n) is 19.2. The molecule has 1 aromatic heterocycles. The molecule has 174 valence electrons. The Bertz CT molecular complexity index is 960. The van der Waals surface area contributed by atoms with Crippen LogP contribution in [-0.4, -0.2) is 36.4 Å². The maximum atomic E-state index is 11.2. The summed E-state index contributed by atoms with van der Waals surface area (Å²) >= 11 is 0. The lowest BCUT2D eigenvalue weighted by Gasteiger charge is -2.23. The SMILES string of the molecule is CCNC(=NCc1ccc(C(N)=O)o1)NCCCN(Cc1ccccc1)Cc1ccccc1. The Hall–Kier alpha value is -3.58. The maximum Gasteiger partial charge on any atom is 0.284 e. The molecule has 0 fully saturated rings. The summed E-state index contributed by atoms with van der Waals surface area (Å²) in [6.07, 6.45) is 0.969. The lowest BCUT2D eigenvalue weighted by molar-refractivity contribution is 0.0972. The van der Waals surface area contributed by atoms with Crippen LogP contribution in [-0.2, 0) is 19.6 Å². The van der Waals surface area contributed by atoms with E-state index in [1.165, 1.54) is 11.1 Å². The largest absolute Gasteiger partial charge is 0.454 e. The number of benzene rings is 2. The van der Waals surface area contributed by atoms with Crippen molar-refractivity contribution in [3.63, 3.8) is 0 Å². The minimum absolute atomic E-state index is 0.148. The van der Waals surface area contributed by atoms with E-state index in [0.29, 0.717) is 18.3 Å². The standard InChI is InChI=1S/C26H33N5O2/c1-2-28-26(30-18-23-14-15-24(33-23)25(27)32)29-16-9-17-31(19-21-10-5-3-6-11-21)20-22-12-7-4-8-13-22/h3-8,10-15H,2,9,16-20H2,1H3,(H2,27,32)(H2,28,29,30). The van der Waals surface area contributed by atoms with Crippen molar-refractivity contribution >= 4 is 11.9 Å². The number of nitrogens with two attached hydrogens (primary N) is 1. The van der Waals surface area contributed by atoms with E-state index >= 15 is 0 Å². The molecule has 4 N–H and O–H groups in total. The number of nitrogens with one attached hydrogen (secondary N) is 2. The fraction of sp³-hybridized carbons (Fsp3) is 0.308. The van der Waals surface area contributed by atoms with E-state index in [1.54, 1.807) is 12.1 Å². The molecule has 1 amide bonds. The molecule has 7 nitrogen and oxygen atoms in total. The molecule has 0 bridgehead atoms. The van der Waals surface area contributed by atoms with Crippen LogP contribution in [0.15, 0.2) is 82.2 Å². The van der Waals surface area contributed by atoms with Crippen molar-refractivity contribution in [2.45, 2.75) is 33.0 Å². The van der Waals surface area contributed by atoms with Crippen LogP contribution in [0.2, 0.25) is 0 Å². The molecule has 1 heterocycles. The van der Waals surface area contributed by atoms with Crippen LogP contribution in [0.3, 0.4) is 0 Å². The summed E-state index contributed by atoms with van der Waals surface area (Å²) in [4.78, 5) is 18.2. The molecule has 0 unspecified atom stereocenters. The molecule has 0 saturated heterocycles. The first-order valence-corrected chi connectivity index (χ1v) is 11.3. The number of hydrogen-bond donors (Lipinski definition) is 3. The van der Waals surface area contributed by atoms with Crippen LogP contribution in [0.25, 0.3) is 0 Å². The van der Waals surface area contributed by atoms with E-state index in [9.17, 15) is 4.79 Å². The quantitative estimate of drug-likeness (QED) is 0.224. The molecule has 0 aliphatic carbocycles. The van der Waals surface area contributed by atoms with Gasteiger partial charge in [-0.2, -0.15) is 0 Å². The monoisotopic (exact) mass is 447 g/mol. The average molecular weight is 448 g/mol. The van der Waals surface area contributed by atoms with E-state index in [2.05, 4.69) is 69.1 Å². The van der Waals surface area contributed by atoms with E-state index in [4.69, 9.17) is 10.2 Å². The lowest BCUT2D eigenvalue weighted by atomic mass is 10.1. The van der Waals surface area contributed by atoms with Gasteiger partial charge in [0.25, 0.3) is 5.91 Å². The van der Waals surface area contributed by atoms with E-state index in [1.807, 2.05) is 19.1 Å². The highest BCUT2D eigenvalue weighted by Gasteiger charge is 2.09. The number of carbonyl (C=O) groups is 1. The first kappa shape index (κ1) is 24.1. The Morgan fingerprint density at radius 1 is 0.939 bits per heavy atom. The molecule has 7 heteroatoms. The van der Waals surface area contributed by atoms with Crippen LogP contribution in [0, 0.1) is 0 Å². The van der Waals surface area contributed by atoms with Gasteiger partial charge in [0.1, 0.15) is 12.3 Å². The van der Waals surface area contributed by atoms with Gasteiger partial charge in [-0.3, -0.25) is 9.69 Å². The second kappa shape index (κ2) is 13.1.